The van der Waals surface area contributed by atoms with Crippen LogP contribution in [0.3, 0.4) is 0 Å². The van der Waals surface area contributed by atoms with Gasteiger partial charge >= 0.3 is 0 Å². The van der Waals surface area contributed by atoms with Gasteiger partial charge in [-0.25, -0.2) is 9.97 Å². The summed E-state index contributed by atoms with van der Waals surface area (Å²) in [5, 5.41) is 5.17. The molecule has 1 N–H and O–H groups in total. The van der Waals surface area contributed by atoms with Crippen LogP contribution in [0.4, 0.5) is 5.95 Å². The van der Waals surface area contributed by atoms with Crippen LogP contribution in [0.15, 0.2) is 34.1 Å². The summed E-state index contributed by atoms with van der Waals surface area (Å²) in [5.41, 5.74) is 2.55. The lowest BCUT2D eigenvalue weighted by Crippen LogP contribution is -2.04. The van der Waals surface area contributed by atoms with Crippen molar-refractivity contribution in [3.63, 3.8) is 0 Å². The molecule has 0 fully saturated rings. The smallest absolute Gasteiger partial charge is 0.224 e. The number of benzene rings is 1. The average Bonchev–Trinajstić information content (AvgIpc) is 2.94. The maximum absolute atomic E-state index is 5.54. The third-order valence-corrected chi connectivity index (χ3v) is 5.00. The highest BCUT2D eigenvalue weighted by Gasteiger charge is 2.10. The zero-order valence-electron chi connectivity index (χ0n) is 11.8. The van der Waals surface area contributed by atoms with Crippen molar-refractivity contribution in [2.45, 2.75) is 6.54 Å². The summed E-state index contributed by atoms with van der Waals surface area (Å²) in [7, 11) is 1.65. The second kappa shape index (κ2) is 6.34. The molecule has 4 nitrogen and oxygen atoms in total. The summed E-state index contributed by atoms with van der Waals surface area (Å²) < 4.78 is 6.99. The molecular formula is C16H12BrN3OS. The molecule has 22 heavy (non-hydrogen) atoms. The van der Waals surface area contributed by atoms with E-state index in [0.29, 0.717) is 18.2 Å². The third-order valence-electron chi connectivity index (χ3n) is 3.12. The zero-order chi connectivity index (χ0) is 15.5. The Kier molecular flexibility index (Phi) is 4.27. The molecule has 0 saturated heterocycles. The van der Waals surface area contributed by atoms with Gasteiger partial charge in [-0.1, -0.05) is 12.1 Å². The second-order valence-corrected chi connectivity index (χ2v) is 6.24. The van der Waals surface area contributed by atoms with Gasteiger partial charge in [0.05, 0.1) is 16.3 Å². The maximum Gasteiger partial charge on any atom is 0.224 e. The molecule has 0 saturated carbocycles. The van der Waals surface area contributed by atoms with Crippen molar-refractivity contribution >= 4 is 43.4 Å². The van der Waals surface area contributed by atoms with E-state index in [1.165, 1.54) is 11.3 Å². The molecule has 0 aliphatic heterocycles. The number of rotatable bonds is 4. The molecule has 0 unspecified atom stereocenters. The predicted molar refractivity (Wildman–Crippen MR) is 93.4 cm³/mol. The number of hydrogen-bond acceptors (Lipinski definition) is 5. The van der Waals surface area contributed by atoms with E-state index in [9.17, 15) is 0 Å². The predicted octanol–water partition coefficient (Wildman–Crippen LogP) is 4.06. The standard InChI is InChI=1S/C16H12BrN3OS/c1-3-13-15-14(12(17)9-22-15)20-16(19-13)18-8-10-4-6-11(21-2)7-5-10/h1,4-7,9H,8H2,2H3,(H,18,19,20). The number of methoxy groups -OCH3 is 1. The summed E-state index contributed by atoms with van der Waals surface area (Å²) in [6.45, 7) is 0.612. The topological polar surface area (TPSA) is 47.0 Å². The molecule has 0 radical (unpaired) electrons. The summed E-state index contributed by atoms with van der Waals surface area (Å²) in [4.78, 5) is 8.90. The van der Waals surface area contributed by atoms with Crippen LogP contribution in [0, 0.1) is 12.3 Å². The van der Waals surface area contributed by atoms with Gasteiger partial charge in [-0.15, -0.1) is 17.8 Å². The van der Waals surface area contributed by atoms with E-state index < -0.39 is 0 Å². The Labute approximate surface area is 140 Å². The lowest BCUT2D eigenvalue weighted by molar-refractivity contribution is 0.414. The molecule has 3 aromatic rings. The number of terminal acetylenes is 1. The van der Waals surface area contributed by atoms with Gasteiger partial charge in [0, 0.05) is 11.9 Å². The number of anilines is 1. The highest BCUT2D eigenvalue weighted by molar-refractivity contribution is 9.10. The molecule has 2 heterocycles. The highest BCUT2D eigenvalue weighted by atomic mass is 79.9. The number of hydrogen-bond donors (Lipinski definition) is 1. The Bertz CT molecular complexity index is 852. The normalized spacial score (nSPS) is 10.4. The number of nitrogens with zero attached hydrogens (tertiary/aromatic N) is 2. The first-order valence-electron chi connectivity index (χ1n) is 6.49. The Morgan fingerprint density at radius 1 is 1.32 bits per heavy atom. The van der Waals surface area contributed by atoms with E-state index in [2.05, 4.69) is 37.1 Å². The van der Waals surface area contributed by atoms with Crippen molar-refractivity contribution < 1.29 is 4.74 Å². The van der Waals surface area contributed by atoms with Crippen molar-refractivity contribution in [1.29, 1.82) is 0 Å². The van der Waals surface area contributed by atoms with Crippen molar-refractivity contribution in [2.24, 2.45) is 0 Å². The second-order valence-electron chi connectivity index (χ2n) is 4.50. The monoisotopic (exact) mass is 373 g/mol. The van der Waals surface area contributed by atoms with Crippen LogP contribution >= 0.6 is 27.3 Å². The van der Waals surface area contributed by atoms with Gasteiger partial charge in [0.25, 0.3) is 0 Å². The van der Waals surface area contributed by atoms with E-state index in [1.54, 1.807) is 7.11 Å². The van der Waals surface area contributed by atoms with Crippen molar-refractivity contribution in [1.82, 2.24) is 9.97 Å². The van der Waals surface area contributed by atoms with E-state index in [1.807, 2.05) is 29.6 Å². The van der Waals surface area contributed by atoms with E-state index in [4.69, 9.17) is 11.2 Å². The van der Waals surface area contributed by atoms with Crippen molar-refractivity contribution in [3.05, 3.63) is 45.4 Å². The van der Waals surface area contributed by atoms with E-state index >= 15 is 0 Å². The Morgan fingerprint density at radius 2 is 2.09 bits per heavy atom. The largest absolute Gasteiger partial charge is 0.497 e. The Balaban J connectivity index is 1.84. The van der Waals surface area contributed by atoms with Crippen molar-refractivity contribution in [3.8, 4) is 18.1 Å². The van der Waals surface area contributed by atoms with Crippen LogP contribution in [-0.2, 0) is 6.54 Å². The van der Waals surface area contributed by atoms with Crippen molar-refractivity contribution in [2.75, 3.05) is 12.4 Å². The van der Waals surface area contributed by atoms with E-state index in [0.717, 1.165) is 26.0 Å². The minimum absolute atomic E-state index is 0.523. The van der Waals surface area contributed by atoms with Gasteiger partial charge in [0.15, 0.2) is 0 Å². The number of halogens is 1. The fourth-order valence-electron chi connectivity index (χ4n) is 1.99. The van der Waals surface area contributed by atoms with Crippen LogP contribution in [0.25, 0.3) is 10.2 Å². The number of ether oxygens (including phenoxy) is 1. The molecule has 0 bridgehead atoms. The number of aromatic nitrogens is 2. The summed E-state index contributed by atoms with van der Waals surface area (Å²) >= 11 is 5.02. The number of fused-ring (bicyclic) bond motifs is 1. The lowest BCUT2D eigenvalue weighted by Gasteiger charge is -2.07. The number of thiophene rings is 1. The Hall–Kier alpha value is -2.10. The molecule has 6 heteroatoms. The van der Waals surface area contributed by atoms with Crippen LogP contribution in [0.1, 0.15) is 11.3 Å². The molecule has 0 amide bonds. The summed E-state index contributed by atoms with van der Waals surface area (Å²) in [5.74, 6) is 3.97. The minimum atomic E-state index is 0.523. The SMILES string of the molecule is C#Cc1nc(NCc2ccc(OC)cc2)nc2c(Br)csc12. The molecule has 0 aliphatic rings. The quantitative estimate of drug-likeness (QED) is 0.700. The van der Waals surface area contributed by atoms with Crippen LogP contribution in [-0.4, -0.2) is 17.1 Å². The van der Waals surface area contributed by atoms with Gasteiger partial charge < -0.3 is 10.1 Å². The molecule has 1 aromatic carbocycles. The minimum Gasteiger partial charge on any atom is -0.497 e. The molecular weight excluding hydrogens is 362 g/mol. The fraction of sp³-hybridized carbons (Fsp3) is 0.125. The van der Waals surface area contributed by atoms with E-state index in [-0.39, 0.29) is 0 Å². The first-order valence-corrected chi connectivity index (χ1v) is 8.16. The molecule has 0 aliphatic carbocycles. The molecule has 0 atom stereocenters. The summed E-state index contributed by atoms with van der Waals surface area (Å²) in [6.07, 6.45) is 5.54. The van der Waals surface area contributed by atoms with Gasteiger partial charge in [0.2, 0.25) is 5.95 Å². The highest BCUT2D eigenvalue weighted by Crippen LogP contribution is 2.31. The fourth-order valence-corrected chi connectivity index (χ4v) is 3.51. The van der Waals surface area contributed by atoms with Gasteiger partial charge in [0.1, 0.15) is 17.0 Å². The zero-order valence-corrected chi connectivity index (χ0v) is 14.2. The average molecular weight is 374 g/mol. The molecule has 2 aromatic heterocycles. The molecule has 0 spiro atoms. The number of nitrogens with one attached hydrogen (secondary N) is 1. The van der Waals surface area contributed by atoms with Crippen LogP contribution in [0.2, 0.25) is 0 Å². The van der Waals surface area contributed by atoms with Gasteiger partial charge in [-0.2, -0.15) is 0 Å². The Morgan fingerprint density at radius 3 is 2.77 bits per heavy atom. The first-order chi connectivity index (χ1) is 10.7. The van der Waals surface area contributed by atoms with Crippen LogP contribution < -0.4 is 10.1 Å². The maximum atomic E-state index is 5.54. The van der Waals surface area contributed by atoms with Crippen LogP contribution in [0.5, 0.6) is 5.75 Å². The first kappa shape index (κ1) is 14.8. The van der Waals surface area contributed by atoms with Gasteiger partial charge in [-0.05, 0) is 39.5 Å². The molecule has 3 rings (SSSR count). The van der Waals surface area contributed by atoms with Gasteiger partial charge in [-0.3, -0.25) is 0 Å². The lowest BCUT2D eigenvalue weighted by atomic mass is 10.2. The third kappa shape index (κ3) is 2.91. The molecule has 110 valence electrons. The summed E-state index contributed by atoms with van der Waals surface area (Å²) in [6, 6.07) is 7.83.